The van der Waals surface area contributed by atoms with Gasteiger partial charge in [-0.1, -0.05) is 0 Å². The highest BCUT2D eigenvalue weighted by molar-refractivity contribution is 5.94. The van der Waals surface area contributed by atoms with Crippen molar-refractivity contribution in [2.24, 2.45) is 27.9 Å². The molecule has 1 heterocycles. The largest absolute Gasteiger partial charge is 0.480 e. The SMILES string of the molecule is CC(O)C(NC(=O)C(CCC(N)=O)NC(=O)C(N)CCCN=C(N)N)C(=O)NC(Cc1cnc[nH]1)C(=O)O. The molecule has 17 nitrogen and oxygen atoms in total. The van der Waals surface area contributed by atoms with Crippen LogP contribution >= 0.6 is 0 Å². The topological polar surface area (TPSA) is 307 Å². The Kier molecular flexibility index (Phi) is 13.2. The van der Waals surface area contributed by atoms with E-state index in [1.165, 1.54) is 19.4 Å². The van der Waals surface area contributed by atoms with E-state index < -0.39 is 59.9 Å². The smallest absolute Gasteiger partial charge is 0.326 e. The van der Waals surface area contributed by atoms with Gasteiger partial charge in [0.2, 0.25) is 23.6 Å². The number of aliphatic hydroxyl groups excluding tert-OH is 1. The minimum absolute atomic E-state index is 0.112. The van der Waals surface area contributed by atoms with Crippen molar-refractivity contribution in [3.63, 3.8) is 0 Å². The first-order chi connectivity index (χ1) is 17.8. The first kappa shape index (κ1) is 31.8. The standard InChI is InChI=1S/C21H36N10O7/c1-10(32)16(19(36)30-14(20(37)38)7-11-8-26-9-28-11)31-18(35)13(4-5-15(23)33)29-17(34)12(22)3-2-6-27-21(24)25/h8-10,12-14,16,32H,2-7,22H2,1H3,(H2,23,33)(H,26,28)(H,29,34)(H,30,36)(H,31,35)(H,37,38)(H4,24,25,27). The molecule has 0 aliphatic carbocycles. The van der Waals surface area contributed by atoms with Gasteiger partial charge in [-0.2, -0.15) is 0 Å². The number of carbonyl (C=O) groups excluding carboxylic acids is 4. The molecule has 0 saturated heterocycles. The van der Waals surface area contributed by atoms with Gasteiger partial charge in [-0.15, -0.1) is 0 Å². The van der Waals surface area contributed by atoms with Gasteiger partial charge in [0.1, 0.15) is 18.1 Å². The number of aliphatic imine (C=N–C) groups is 1. The van der Waals surface area contributed by atoms with Gasteiger partial charge in [0.05, 0.1) is 18.5 Å². The summed E-state index contributed by atoms with van der Waals surface area (Å²) in [6, 6.07) is -5.37. The fraction of sp³-hybridized carbons (Fsp3) is 0.571. The molecule has 0 aliphatic rings. The van der Waals surface area contributed by atoms with Crippen molar-refractivity contribution in [1.29, 1.82) is 0 Å². The molecule has 5 atom stereocenters. The third-order valence-electron chi connectivity index (χ3n) is 5.27. The Morgan fingerprint density at radius 1 is 1.03 bits per heavy atom. The van der Waals surface area contributed by atoms with Gasteiger partial charge in [0.25, 0.3) is 0 Å². The van der Waals surface area contributed by atoms with Crippen LogP contribution in [0.25, 0.3) is 0 Å². The number of hydrogen-bond acceptors (Lipinski definition) is 9. The highest BCUT2D eigenvalue weighted by Gasteiger charge is 2.33. The summed E-state index contributed by atoms with van der Waals surface area (Å²) in [5.41, 5.74) is 21.9. The molecule has 1 rings (SSSR count). The molecule has 0 saturated carbocycles. The third-order valence-corrected chi connectivity index (χ3v) is 5.27. The number of carboxylic acid groups (broad SMARTS) is 1. The van der Waals surface area contributed by atoms with Gasteiger partial charge in [0.15, 0.2) is 5.96 Å². The highest BCUT2D eigenvalue weighted by atomic mass is 16.4. The summed E-state index contributed by atoms with van der Waals surface area (Å²) in [4.78, 5) is 71.5. The number of aromatic amines is 1. The van der Waals surface area contributed by atoms with Crippen molar-refractivity contribution in [3.05, 3.63) is 18.2 Å². The second-order valence-electron chi connectivity index (χ2n) is 8.53. The van der Waals surface area contributed by atoms with E-state index in [-0.39, 0.29) is 38.2 Å². The van der Waals surface area contributed by atoms with Crippen LogP contribution in [0.2, 0.25) is 0 Å². The predicted octanol–water partition coefficient (Wildman–Crippen LogP) is -4.48. The highest BCUT2D eigenvalue weighted by Crippen LogP contribution is 2.05. The fourth-order valence-corrected chi connectivity index (χ4v) is 3.22. The average molecular weight is 541 g/mol. The molecule has 14 N–H and O–H groups in total. The molecule has 0 fully saturated rings. The molecule has 0 spiro atoms. The van der Waals surface area contributed by atoms with Crippen LogP contribution in [0.4, 0.5) is 0 Å². The number of aliphatic hydroxyl groups is 1. The van der Waals surface area contributed by atoms with Crippen LogP contribution in [0.15, 0.2) is 17.5 Å². The van der Waals surface area contributed by atoms with Gasteiger partial charge < -0.3 is 54.1 Å². The molecule has 1 aromatic heterocycles. The summed E-state index contributed by atoms with van der Waals surface area (Å²) in [6.45, 7) is 1.44. The van der Waals surface area contributed by atoms with E-state index in [2.05, 4.69) is 30.9 Å². The second kappa shape index (κ2) is 15.8. The molecule has 17 heteroatoms. The van der Waals surface area contributed by atoms with Gasteiger partial charge >= 0.3 is 5.97 Å². The van der Waals surface area contributed by atoms with E-state index in [1.54, 1.807) is 0 Å². The molecular formula is C21H36N10O7. The molecule has 0 bridgehead atoms. The van der Waals surface area contributed by atoms with Crippen molar-refractivity contribution in [2.45, 2.75) is 69.3 Å². The van der Waals surface area contributed by atoms with E-state index >= 15 is 0 Å². The maximum atomic E-state index is 13.0. The van der Waals surface area contributed by atoms with Crippen molar-refractivity contribution >= 4 is 35.6 Å². The third kappa shape index (κ3) is 11.7. The second-order valence-corrected chi connectivity index (χ2v) is 8.53. The number of nitrogens with one attached hydrogen (secondary N) is 4. The Morgan fingerprint density at radius 3 is 2.21 bits per heavy atom. The summed E-state index contributed by atoms with van der Waals surface area (Å²) >= 11 is 0. The van der Waals surface area contributed by atoms with Crippen molar-refractivity contribution < 1.29 is 34.2 Å². The number of nitrogens with two attached hydrogens (primary N) is 4. The van der Waals surface area contributed by atoms with Crippen LogP contribution in [0.5, 0.6) is 0 Å². The van der Waals surface area contributed by atoms with Crippen LogP contribution in [0.3, 0.4) is 0 Å². The number of primary amides is 1. The summed E-state index contributed by atoms with van der Waals surface area (Å²) < 4.78 is 0. The quantitative estimate of drug-likeness (QED) is 0.0510. The van der Waals surface area contributed by atoms with Crippen LogP contribution in [-0.2, 0) is 30.4 Å². The number of nitrogens with zero attached hydrogens (tertiary/aromatic N) is 2. The van der Waals surface area contributed by atoms with Crippen molar-refractivity contribution in [3.8, 4) is 0 Å². The molecule has 5 unspecified atom stereocenters. The molecular weight excluding hydrogens is 504 g/mol. The van der Waals surface area contributed by atoms with Crippen molar-refractivity contribution in [1.82, 2.24) is 25.9 Å². The Morgan fingerprint density at radius 2 is 1.68 bits per heavy atom. The lowest BCUT2D eigenvalue weighted by Gasteiger charge is -2.26. The number of guanidine groups is 1. The lowest BCUT2D eigenvalue weighted by Crippen LogP contribution is -2.60. The summed E-state index contributed by atoms with van der Waals surface area (Å²) in [7, 11) is 0. The van der Waals surface area contributed by atoms with Crippen LogP contribution < -0.4 is 38.9 Å². The Hall–Kier alpha value is -4.25. The van der Waals surface area contributed by atoms with Crippen molar-refractivity contribution in [2.75, 3.05) is 6.54 Å². The molecule has 0 radical (unpaired) electrons. The number of carbonyl (C=O) groups is 5. The Labute approximate surface area is 218 Å². The molecule has 38 heavy (non-hydrogen) atoms. The Bertz CT molecular complexity index is 979. The predicted molar refractivity (Wildman–Crippen MR) is 134 cm³/mol. The van der Waals surface area contributed by atoms with E-state index in [9.17, 15) is 34.2 Å². The summed E-state index contributed by atoms with van der Waals surface area (Å²) in [5.74, 6) is -4.84. The monoisotopic (exact) mass is 540 g/mol. The normalized spacial score (nSPS) is 14.7. The molecule has 212 valence electrons. The number of amides is 4. The van der Waals surface area contributed by atoms with Gasteiger partial charge in [-0.05, 0) is 26.2 Å². The molecule has 0 aromatic carbocycles. The molecule has 1 aromatic rings. The Balaban J connectivity index is 2.90. The number of rotatable bonds is 17. The van der Waals surface area contributed by atoms with Crippen LogP contribution in [0, 0.1) is 0 Å². The zero-order valence-electron chi connectivity index (χ0n) is 20.9. The van der Waals surface area contributed by atoms with E-state index in [1.807, 2.05) is 0 Å². The zero-order chi connectivity index (χ0) is 28.8. The van der Waals surface area contributed by atoms with Crippen LogP contribution in [0.1, 0.15) is 38.3 Å². The number of carboxylic acids is 1. The first-order valence-corrected chi connectivity index (χ1v) is 11.7. The lowest BCUT2D eigenvalue weighted by atomic mass is 10.1. The van der Waals surface area contributed by atoms with Gasteiger partial charge in [0, 0.05) is 31.3 Å². The molecule has 4 amide bonds. The number of aliphatic carboxylic acids is 1. The van der Waals surface area contributed by atoms with Crippen LogP contribution in [-0.4, -0.2) is 92.6 Å². The number of hydrogen-bond donors (Lipinski definition) is 10. The maximum Gasteiger partial charge on any atom is 0.326 e. The van der Waals surface area contributed by atoms with E-state index in [0.717, 1.165) is 0 Å². The van der Waals surface area contributed by atoms with Gasteiger partial charge in [-0.3, -0.25) is 24.2 Å². The van der Waals surface area contributed by atoms with Gasteiger partial charge in [-0.25, -0.2) is 9.78 Å². The zero-order valence-corrected chi connectivity index (χ0v) is 20.9. The number of imidazole rings is 1. The summed E-state index contributed by atoms with van der Waals surface area (Å²) in [5, 5.41) is 26.5. The minimum atomic E-state index is -1.59. The lowest BCUT2D eigenvalue weighted by molar-refractivity contribution is -0.143. The van der Waals surface area contributed by atoms with E-state index in [0.29, 0.717) is 12.1 Å². The average Bonchev–Trinajstić information content (AvgIpc) is 3.34. The fourth-order valence-electron chi connectivity index (χ4n) is 3.22. The minimum Gasteiger partial charge on any atom is -0.480 e. The maximum absolute atomic E-state index is 13.0. The number of H-pyrrole nitrogens is 1. The number of aromatic nitrogens is 2. The first-order valence-electron chi connectivity index (χ1n) is 11.7. The summed E-state index contributed by atoms with van der Waals surface area (Å²) in [6.07, 6.45) is 1.18. The van der Waals surface area contributed by atoms with E-state index in [4.69, 9.17) is 22.9 Å². The molecule has 0 aliphatic heterocycles.